The molecule has 5 nitrogen and oxygen atoms in total. The van der Waals surface area contributed by atoms with Crippen LogP contribution in [-0.4, -0.2) is 20.5 Å². The van der Waals surface area contributed by atoms with Crippen molar-refractivity contribution < 1.29 is 12.8 Å². The third-order valence-electron chi connectivity index (χ3n) is 4.05. The van der Waals surface area contributed by atoms with Crippen molar-refractivity contribution in [1.29, 1.82) is 0 Å². The van der Waals surface area contributed by atoms with Gasteiger partial charge in [-0.1, -0.05) is 13.8 Å². The van der Waals surface area contributed by atoms with Gasteiger partial charge >= 0.3 is 0 Å². The van der Waals surface area contributed by atoms with Gasteiger partial charge in [-0.15, -0.1) is 0 Å². The molecule has 0 bridgehead atoms. The third-order valence-corrected chi connectivity index (χ3v) is 5.76. The van der Waals surface area contributed by atoms with Crippen LogP contribution in [0.2, 0.25) is 0 Å². The van der Waals surface area contributed by atoms with Crippen LogP contribution in [0.15, 0.2) is 9.31 Å². The fourth-order valence-corrected chi connectivity index (χ4v) is 4.38. The van der Waals surface area contributed by atoms with Crippen LogP contribution in [0.4, 0.5) is 0 Å². The van der Waals surface area contributed by atoms with Crippen LogP contribution in [-0.2, 0) is 16.6 Å². The molecule has 0 saturated heterocycles. The lowest BCUT2D eigenvalue weighted by Gasteiger charge is -2.15. The molecule has 2 rings (SSSR count). The molecule has 0 spiro atoms. The molecule has 1 saturated carbocycles. The molecule has 1 aromatic rings. The Labute approximate surface area is 127 Å². The van der Waals surface area contributed by atoms with E-state index in [0.717, 1.165) is 18.4 Å². The maximum absolute atomic E-state index is 12.7. The number of furan rings is 1. The fraction of sp³-hybridized carbons (Fsp3) is 0.733. The zero-order valence-electron chi connectivity index (χ0n) is 13.3. The number of aryl methyl sites for hydroxylation is 2. The number of rotatable bonds is 8. The van der Waals surface area contributed by atoms with E-state index in [9.17, 15) is 8.42 Å². The molecule has 6 heteroatoms. The Balaban J connectivity index is 2.27. The van der Waals surface area contributed by atoms with E-state index < -0.39 is 10.0 Å². The molecule has 1 fully saturated rings. The highest BCUT2D eigenvalue weighted by atomic mass is 32.2. The molecule has 1 aliphatic carbocycles. The van der Waals surface area contributed by atoms with Crippen LogP contribution in [0.25, 0.3) is 0 Å². The van der Waals surface area contributed by atoms with Crippen LogP contribution in [0.1, 0.15) is 56.6 Å². The molecule has 21 heavy (non-hydrogen) atoms. The van der Waals surface area contributed by atoms with Crippen LogP contribution in [0.3, 0.4) is 0 Å². The van der Waals surface area contributed by atoms with Gasteiger partial charge in [-0.2, -0.15) is 0 Å². The molecule has 0 amide bonds. The lowest BCUT2D eigenvalue weighted by atomic mass is 10.2. The van der Waals surface area contributed by atoms with E-state index >= 15 is 0 Å². The van der Waals surface area contributed by atoms with E-state index in [-0.39, 0.29) is 6.04 Å². The van der Waals surface area contributed by atoms with E-state index in [0.29, 0.717) is 29.0 Å². The topological polar surface area (TPSA) is 71.3 Å². The summed E-state index contributed by atoms with van der Waals surface area (Å²) in [5.41, 5.74) is 0.762. The van der Waals surface area contributed by atoms with Gasteiger partial charge in [0, 0.05) is 24.2 Å². The highest BCUT2D eigenvalue weighted by molar-refractivity contribution is 7.89. The highest BCUT2D eigenvalue weighted by Crippen LogP contribution is 2.28. The monoisotopic (exact) mass is 314 g/mol. The minimum atomic E-state index is -3.54. The van der Waals surface area contributed by atoms with Gasteiger partial charge in [0.05, 0.1) is 0 Å². The molecule has 1 aliphatic rings. The molecule has 2 N–H and O–H groups in total. The zero-order valence-corrected chi connectivity index (χ0v) is 14.1. The molecular formula is C15H26N2O3S. The van der Waals surface area contributed by atoms with Crippen molar-refractivity contribution in [2.24, 2.45) is 0 Å². The van der Waals surface area contributed by atoms with Crippen LogP contribution >= 0.6 is 0 Å². The summed E-state index contributed by atoms with van der Waals surface area (Å²) in [5, 5.41) is 3.37. The van der Waals surface area contributed by atoms with Crippen molar-refractivity contribution in [2.75, 3.05) is 0 Å². The van der Waals surface area contributed by atoms with Gasteiger partial charge in [-0.05, 0) is 39.5 Å². The third kappa shape index (κ3) is 3.87. The maximum Gasteiger partial charge on any atom is 0.244 e. The first kappa shape index (κ1) is 16.5. The quantitative estimate of drug-likeness (QED) is 0.774. The second kappa shape index (κ2) is 6.50. The van der Waals surface area contributed by atoms with Crippen molar-refractivity contribution in [3.63, 3.8) is 0 Å². The Morgan fingerprint density at radius 1 is 1.19 bits per heavy atom. The average molecular weight is 314 g/mol. The first-order chi connectivity index (χ1) is 9.89. The van der Waals surface area contributed by atoms with Crippen LogP contribution < -0.4 is 10.0 Å². The van der Waals surface area contributed by atoms with E-state index in [1.807, 2.05) is 20.8 Å². The zero-order chi connectivity index (χ0) is 15.6. The SMILES string of the molecule is CCC(CC)NS(=O)(=O)c1c(C)oc(C)c1CNC1CC1. The highest BCUT2D eigenvalue weighted by Gasteiger charge is 2.29. The van der Waals surface area contributed by atoms with Crippen molar-refractivity contribution in [3.8, 4) is 0 Å². The predicted octanol–water partition coefficient (Wildman–Crippen LogP) is 2.62. The van der Waals surface area contributed by atoms with Gasteiger partial charge < -0.3 is 9.73 Å². The predicted molar refractivity (Wildman–Crippen MR) is 82.7 cm³/mol. The minimum Gasteiger partial charge on any atom is -0.465 e. The van der Waals surface area contributed by atoms with Gasteiger partial charge in [0.2, 0.25) is 10.0 Å². The summed E-state index contributed by atoms with van der Waals surface area (Å²) < 4.78 is 33.7. The standard InChI is InChI=1S/C15H26N2O3S/c1-5-12(6-2)17-21(18,19)15-11(4)20-10(3)14(15)9-16-13-7-8-13/h12-13,16-17H,5-9H2,1-4H3. The molecule has 1 heterocycles. The van der Waals surface area contributed by atoms with Crippen molar-refractivity contribution in [2.45, 2.75) is 76.9 Å². The van der Waals surface area contributed by atoms with Crippen molar-refractivity contribution >= 4 is 10.0 Å². The summed E-state index contributed by atoms with van der Waals surface area (Å²) in [6.07, 6.45) is 3.90. The van der Waals surface area contributed by atoms with Crippen molar-refractivity contribution in [1.82, 2.24) is 10.0 Å². The summed E-state index contributed by atoms with van der Waals surface area (Å²) in [6.45, 7) is 8.06. The van der Waals surface area contributed by atoms with Gasteiger partial charge in [0.25, 0.3) is 0 Å². The van der Waals surface area contributed by atoms with E-state index in [2.05, 4.69) is 10.0 Å². The average Bonchev–Trinajstić information content (AvgIpc) is 3.19. The largest absolute Gasteiger partial charge is 0.465 e. The maximum atomic E-state index is 12.7. The second-order valence-electron chi connectivity index (χ2n) is 5.81. The minimum absolute atomic E-state index is 0.0335. The molecule has 120 valence electrons. The fourth-order valence-electron chi connectivity index (χ4n) is 2.53. The Morgan fingerprint density at radius 3 is 2.33 bits per heavy atom. The van der Waals surface area contributed by atoms with Crippen molar-refractivity contribution in [3.05, 3.63) is 17.1 Å². The van der Waals surface area contributed by atoms with E-state index in [1.165, 1.54) is 12.8 Å². The lowest BCUT2D eigenvalue weighted by Crippen LogP contribution is -2.34. The van der Waals surface area contributed by atoms with E-state index in [1.54, 1.807) is 6.92 Å². The Hall–Kier alpha value is -0.850. The molecule has 0 radical (unpaired) electrons. The number of hydrogen-bond acceptors (Lipinski definition) is 4. The molecule has 0 atom stereocenters. The summed E-state index contributed by atoms with van der Waals surface area (Å²) in [5.74, 6) is 1.16. The van der Waals surface area contributed by atoms with Crippen LogP contribution in [0.5, 0.6) is 0 Å². The normalized spacial score (nSPS) is 15.9. The Kier molecular flexibility index (Phi) is 5.11. The van der Waals surface area contributed by atoms with Gasteiger partial charge in [-0.3, -0.25) is 0 Å². The first-order valence-electron chi connectivity index (χ1n) is 7.73. The number of nitrogens with one attached hydrogen (secondary N) is 2. The van der Waals surface area contributed by atoms with Crippen LogP contribution in [0, 0.1) is 13.8 Å². The van der Waals surface area contributed by atoms with E-state index in [4.69, 9.17) is 4.42 Å². The van der Waals surface area contributed by atoms with Gasteiger partial charge in [-0.25, -0.2) is 13.1 Å². The molecule has 0 aliphatic heterocycles. The second-order valence-corrected chi connectivity index (χ2v) is 7.46. The Bertz CT molecular complexity index is 584. The molecule has 0 unspecified atom stereocenters. The summed E-state index contributed by atoms with van der Waals surface area (Å²) in [6, 6.07) is 0.496. The summed E-state index contributed by atoms with van der Waals surface area (Å²) in [4.78, 5) is 0.319. The molecular weight excluding hydrogens is 288 g/mol. The number of hydrogen-bond donors (Lipinski definition) is 2. The number of sulfonamides is 1. The molecule has 0 aromatic carbocycles. The summed E-state index contributed by atoms with van der Waals surface area (Å²) >= 11 is 0. The first-order valence-corrected chi connectivity index (χ1v) is 9.21. The summed E-state index contributed by atoms with van der Waals surface area (Å²) in [7, 11) is -3.54. The smallest absolute Gasteiger partial charge is 0.244 e. The molecule has 1 aromatic heterocycles. The van der Waals surface area contributed by atoms with Gasteiger partial charge in [0.1, 0.15) is 16.4 Å². The lowest BCUT2D eigenvalue weighted by molar-refractivity contribution is 0.490. The van der Waals surface area contributed by atoms with Gasteiger partial charge in [0.15, 0.2) is 0 Å². The Morgan fingerprint density at radius 2 is 1.81 bits per heavy atom.